The van der Waals surface area contributed by atoms with Gasteiger partial charge in [0.25, 0.3) is 0 Å². The minimum atomic E-state index is -3.57. The molecule has 10 heteroatoms. The van der Waals surface area contributed by atoms with E-state index in [0.29, 0.717) is 23.4 Å². The summed E-state index contributed by atoms with van der Waals surface area (Å²) in [7, 11) is 0.274. The highest BCUT2D eigenvalue weighted by Gasteiger charge is 2.30. The van der Waals surface area contributed by atoms with Crippen LogP contribution in [0.1, 0.15) is 56.6 Å². The van der Waals surface area contributed by atoms with Gasteiger partial charge in [0.2, 0.25) is 0 Å². The van der Waals surface area contributed by atoms with Gasteiger partial charge in [-0.25, -0.2) is 14.1 Å². The number of allylic oxidation sites excluding steroid dienone is 2. The maximum Gasteiger partial charge on any atom is 0.387 e. The molecule has 188 valence electrons. The Bertz CT molecular complexity index is 1080. The minimum absolute atomic E-state index is 0.00735. The fraction of sp³-hybridized carbons (Fsp3) is 0.458. The van der Waals surface area contributed by atoms with Crippen molar-refractivity contribution >= 4 is 21.6 Å². The average molecular weight is 497 g/mol. The van der Waals surface area contributed by atoms with E-state index in [1.54, 1.807) is 6.08 Å². The molecule has 1 aromatic rings. The third-order valence-electron chi connectivity index (χ3n) is 5.22. The second-order valence-electron chi connectivity index (χ2n) is 8.78. The van der Waals surface area contributed by atoms with Gasteiger partial charge in [0, 0.05) is 12.2 Å². The number of nitrogens with one attached hydrogen (secondary N) is 1. The van der Waals surface area contributed by atoms with E-state index in [2.05, 4.69) is 21.0 Å². The highest BCUT2D eigenvalue weighted by Crippen LogP contribution is 2.47. The summed E-state index contributed by atoms with van der Waals surface area (Å²) in [6.07, 6.45) is 6.85. The molecule has 1 saturated carbocycles. The first-order valence-electron chi connectivity index (χ1n) is 11.0. The van der Waals surface area contributed by atoms with E-state index in [0.717, 1.165) is 18.4 Å². The van der Waals surface area contributed by atoms with Crippen molar-refractivity contribution in [1.82, 2.24) is 4.90 Å². The Labute approximate surface area is 201 Å². The minimum Gasteiger partial charge on any atom is -0.435 e. The molecule has 0 aromatic heterocycles. The lowest BCUT2D eigenvalue weighted by atomic mass is 9.95. The number of carbonyl (C=O) groups is 1. The Morgan fingerprint density at radius 2 is 2.00 bits per heavy atom. The van der Waals surface area contributed by atoms with Crippen molar-refractivity contribution in [1.29, 1.82) is 0 Å². The largest absolute Gasteiger partial charge is 0.435 e. The molecule has 1 aliphatic carbocycles. The summed E-state index contributed by atoms with van der Waals surface area (Å²) in [5, 5.41) is 8.53. The van der Waals surface area contributed by atoms with Crippen molar-refractivity contribution in [3.05, 3.63) is 58.5 Å². The van der Waals surface area contributed by atoms with Crippen LogP contribution >= 0.6 is 0 Å². The highest BCUT2D eigenvalue weighted by molar-refractivity contribution is 7.95. The van der Waals surface area contributed by atoms with Gasteiger partial charge in [0.1, 0.15) is 15.7 Å². The average Bonchev–Trinajstić information content (AvgIpc) is 3.55. The summed E-state index contributed by atoms with van der Waals surface area (Å²) in [4.78, 5) is 14.7. The van der Waals surface area contributed by atoms with Crippen LogP contribution < -0.4 is 15.2 Å². The first kappa shape index (κ1) is 27.7. The van der Waals surface area contributed by atoms with Gasteiger partial charge >= 0.3 is 12.6 Å². The number of benzene rings is 1. The van der Waals surface area contributed by atoms with Crippen molar-refractivity contribution in [2.45, 2.75) is 52.1 Å². The van der Waals surface area contributed by atoms with E-state index in [1.807, 2.05) is 45.8 Å². The number of halogens is 2. The van der Waals surface area contributed by atoms with E-state index >= 15 is 0 Å². The molecule has 1 unspecified atom stereocenters. The lowest BCUT2D eigenvalue weighted by molar-refractivity contribution is -0.0499. The van der Waals surface area contributed by atoms with Crippen LogP contribution in [0.2, 0.25) is 0 Å². The van der Waals surface area contributed by atoms with Crippen LogP contribution in [-0.4, -0.2) is 42.4 Å². The predicted octanol–water partition coefficient (Wildman–Crippen LogP) is 5.74. The summed E-state index contributed by atoms with van der Waals surface area (Å²) < 4.78 is 46.8. The van der Waals surface area contributed by atoms with Crippen LogP contribution in [-0.2, 0) is 9.92 Å². The van der Waals surface area contributed by atoms with Gasteiger partial charge in [-0.15, -0.1) is 4.36 Å². The maximum absolute atomic E-state index is 12.9. The molecule has 34 heavy (non-hydrogen) atoms. The number of hydrogen-bond donors (Lipinski definition) is 2. The van der Waals surface area contributed by atoms with Crippen LogP contribution in [0.3, 0.4) is 0 Å². The number of carbonyl (C=O) groups excluding carboxylic acids is 1. The third-order valence-corrected chi connectivity index (χ3v) is 6.54. The Morgan fingerprint density at radius 3 is 2.50 bits per heavy atom. The van der Waals surface area contributed by atoms with Crippen molar-refractivity contribution in [2.24, 2.45) is 9.50 Å². The van der Waals surface area contributed by atoms with E-state index in [9.17, 15) is 17.8 Å². The van der Waals surface area contributed by atoms with Crippen molar-refractivity contribution < 1.29 is 22.5 Å². The molecule has 2 rings (SSSR count). The molecule has 1 aromatic carbocycles. The standard InChI is InChI=1S/C24H34F2N4O3S/c1-7-17(14-30(5)6)9-8-16(4)34(27,32)29-24(31)28-22-20(15(2)3)12-19(33-23(25)26)13-21(22)18-10-11-18/h7-9,12-13,15,18,23H,4,10-11,14H2,1-3,5-6H3,(H3,27,28,29,31,32)/b9-8-,17-7+. The topological polar surface area (TPSA) is 97.0 Å². The highest BCUT2D eigenvalue weighted by atomic mass is 32.2. The van der Waals surface area contributed by atoms with E-state index in [-0.39, 0.29) is 22.5 Å². The number of urea groups is 1. The van der Waals surface area contributed by atoms with Crippen LogP contribution in [0, 0.1) is 0 Å². The first-order chi connectivity index (χ1) is 15.8. The number of anilines is 1. The predicted molar refractivity (Wildman–Crippen MR) is 134 cm³/mol. The second-order valence-corrected chi connectivity index (χ2v) is 10.6. The van der Waals surface area contributed by atoms with Crippen LogP contribution in [0.5, 0.6) is 5.75 Å². The monoisotopic (exact) mass is 496 g/mol. The molecule has 1 atom stereocenters. The fourth-order valence-electron chi connectivity index (χ4n) is 3.36. The molecule has 1 fully saturated rings. The Kier molecular flexibility index (Phi) is 9.54. The summed E-state index contributed by atoms with van der Waals surface area (Å²) in [5.41, 5.74) is 2.72. The van der Waals surface area contributed by atoms with Crippen LogP contribution in [0.15, 0.2) is 51.8 Å². The molecule has 7 nitrogen and oxygen atoms in total. The Morgan fingerprint density at radius 1 is 1.35 bits per heavy atom. The normalized spacial score (nSPS) is 16.3. The lowest BCUT2D eigenvalue weighted by Gasteiger charge is -2.19. The van der Waals surface area contributed by atoms with Gasteiger partial charge in [-0.2, -0.15) is 8.78 Å². The molecule has 2 amide bonds. The lowest BCUT2D eigenvalue weighted by Crippen LogP contribution is -2.19. The van der Waals surface area contributed by atoms with Gasteiger partial charge in [0.05, 0.1) is 4.91 Å². The van der Waals surface area contributed by atoms with E-state index < -0.39 is 22.6 Å². The maximum atomic E-state index is 12.9. The number of nitrogens with zero attached hydrogens (tertiary/aromatic N) is 2. The molecule has 0 radical (unpaired) electrons. The van der Waals surface area contributed by atoms with Crippen molar-refractivity contribution in [3.63, 3.8) is 0 Å². The molecular weight excluding hydrogens is 462 g/mol. The van der Waals surface area contributed by atoms with Crippen LogP contribution in [0.25, 0.3) is 0 Å². The number of hydrogen-bond acceptors (Lipinski definition) is 4. The first-order valence-corrected chi connectivity index (χ1v) is 12.6. The third kappa shape index (κ3) is 8.03. The van der Waals surface area contributed by atoms with Gasteiger partial charge in [-0.05, 0) is 80.6 Å². The molecule has 0 saturated heterocycles. The van der Waals surface area contributed by atoms with Crippen LogP contribution in [0.4, 0.5) is 19.3 Å². The second kappa shape index (κ2) is 11.7. The SMILES string of the molecule is C=C(/C=C\C(=C/C)CN(C)C)S(N)(=O)=NC(=O)Nc1c(C(C)C)cc(OC(F)F)cc1C1CC1. The summed E-state index contributed by atoms with van der Waals surface area (Å²) in [5.74, 6) is 0.0457. The van der Waals surface area contributed by atoms with Gasteiger partial charge in [-0.3, -0.25) is 0 Å². The Hall–Kier alpha value is -2.56. The van der Waals surface area contributed by atoms with E-state index in [1.165, 1.54) is 18.2 Å². The molecule has 0 bridgehead atoms. The molecule has 0 spiro atoms. The zero-order chi connectivity index (χ0) is 25.6. The number of nitrogens with two attached hydrogens (primary N) is 1. The molecule has 3 N–H and O–H groups in total. The van der Waals surface area contributed by atoms with Crippen molar-refractivity contribution in [3.8, 4) is 5.75 Å². The van der Waals surface area contributed by atoms with Crippen molar-refractivity contribution in [2.75, 3.05) is 26.0 Å². The van der Waals surface area contributed by atoms with E-state index in [4.69, 9.17) is 5.14 Å². The summed E-state index contributed by atoms with van der Waals surface area (Å²) in [6, 6.07) is 2.09. The molecule has 0 aliphatic heterocycles. The molecule has 1 aliphatic rings. The smallest absolute Gasteiger partial charge is 0.387 e. The zero-order valence-electron chi connectivity index (χ0n) is 20.3. The summed E-state index contributed by atoms with van der Waals surface area (Å²) >= 11 is 0. The fourth-order valence-corrected chi connectivity index (χ4v) is 4.03. The Balaban J connectivity index is 2.33. The number of amides is 2. The number of alkyl halides is 2. The zero-order valence-corrected chi connectivity index (χ0v) is 21.1. The van der Waals surface area contributed by atoms with Gasteiger partial charge in [0.15, 0.2) is 0 Å². The van der Waals surface area contributed by atoms with Gasteiger partial charge in [-0.1, -0.05) is 32.6 Å². The summed E-state index contributed by atoms with van der Waals surface area (Å²) in [6.45, 7) is 7.05. The molecular formula is C24H34F2N4O3S. The number of rotatable bonds is 10. The number of ether oxygens (including phenoxy) is 1. The van der Waals surface area contributed by atoms with Gasteiger partial charge < -0.3 is 15.0 Å². The quantitative estimate of drug-likeness (QED) is 0.404. The molecule has 0 heterocycles. The number of likely N-dealkylation sites (N-methyl/N-ethyl adjacent to an activating group) is 1.